The second-order valence-corrected chi connectivity index (χ2v) is 7.21. The molecule has 31 heavy (non-hydrogen) atoms. The minimum atomic E-state index is -1.46. The number of hydrogen-bond donors (Lipinski definition) is 4. The van der Waals surface area contributed by atoms with Crippen LogP contribution in [0.15, 0.2) is 29.4 Å². The number of hydroxylamine groups is 1. The molecule has 0 aliphatic carbocycles. The second-order valence-electron chi connectivity index (χ2n) is 5.96. The Morgan fingerprint density at radius 3 is 2.45 bits per heavy atom. The summed E-state index contributed by atoms with van der Waals surface area (Å²) >= 11 is 1.88. The molecule has 2 aromatic rings. The molecule has 0 aliphatic rings. The first kappa shape index (κ1) is 24.8. The van der Waals surface area contributed by atoms with Crippen LogP contribution in [-0.4, -0.2) is 48.3 Å². The van der Waals surface area contributed by atoms with Gasteiger partial charge >= 0.3 is 0 Å². The number of oxime groups is 1. The summed E-state index contributed by atoms with van der Waals surface area (Å²) in [6.07, 6.45) is 0. The van der Waals surface area contributed by atoms with Crippen molar-refractivity contribution in [2.45, 2.75) is 6.92 Å². The molecule has 2 aromatic carbocycles. The number of hydrogen-bond acceptors (Lipinski definition) is 7. The Bertz CT molecular complexity index is 975. The van der Waals surface area contributed by atoms with E-state index in [0.29, 0.717) is 3.57 Å². The number of rotatable bonds is 10. The SMILES string of the molecule is CC(=NOCCO)c1cc(C(=O)NOCCO)c(Nc2ccc(I)cc2F)c(F)c1F. The smallest absolute Gasteiger partial charge is 0.277 e. The van der Waals surface area contributed by atoms with Crippen molar-refractivity contribution in [3.05, 3.63) is 56.4 Å². The van der Waals surface area contributed by atoms with E-state index in [0.717, 1.165) is 6.07 Å². The van der Waals surface area contributed by atoms with E-state index in [-0.39, 0.29) is 31.2 Å². The molecule has 0 radical (unpaired) electrons. The average molecular weight is 553 g/mol. The maximum Gasteiger partial charge on any atom is 0.277 e. The van der Waals surface area contributed by atoms with E-state index in [9.17, 15) is 18.0 Å². The zero-order valence-electron chi connectivity index (χ0n) is 16.2. The molecule has 0 saturated heterocycles. The standard InChI is InChI=1S/C19H19F3IN3O5/c1-10(25-30-6-4-27)12-9-13(19(29)26-31-7-5-28)18(17(22)16(12)21)24-15-3-2-11(23)8-14(15)20/h2-3,8-9,24,27-28H,4-7H2,1H3,(H,26,29). The van der Waals surface area contributed by atoms with Crippen molar-refractivity contribution in [2.75, 3.05) is 31.7 Å². The fourth-order valence-corrected chi connectivity index (χ4v) is 2.82. The second kappa shape index (κ2) is 11.8. The minimum Gasteiger partial charge on any atom is -0.394 e. The van der Waals surface area contributed by atoms with Crippen molar-refractivity contribution in [1.29, 1.82) is 0 Å². The van der Waals surface area contributed by atoms with Gasteiger partial charge in [0.05, 0.1) is 42.5 Å². The molecule has 0 fully saturated rings. The summed E-state index contributed by atoms with van der Waals surface area (Å²) in [6.45, 7) is 0.164. The number of amides is 1. The number of anilines is 2. The quantitative estimate of drug-likeness (QED) is 0.156. The lowest BCUT2D eigenvalue weighted by Gasteiger charge is -2.16. The monoisotopic (exact) mass is 553 g/mol. The number of nitrogens with one attached hydrogen (secondary N) is 2. The van der Waals surface area contributed by atoms with E-state index in [2.05, 4.69) is 10.5 Å². The Morgan fingerprint density at radius 1 is 1.10 bits per heavy atom. The van der Waals surface area contributed by atoms with Gasteiger partial charge in [0, 0.05) is 9.13 Å². The number of aliphatic hydroxyl groups excluding tert-OH is 2. The third-order valence-electron chi connectivity index (χ3n) is 3.77. The molecule has 0 unspecified atom stereocenters. The Balaban J connectivity index is 2.54. The lowest BCUT2D eigenvalue weighted by molar-refractivity contribution is 0.0168. The van der Waals surface area contributed by atoms with Gasteiger partial charge in [-0.05, 0) is 53.8 Å². The van der Waals surface area contributed by atoms with Gasteiger partial charge in [-0.2, -0.15) is 0 Å². The lowest BCUT2D eigenvalue weighted by Crippen LogP contribution is -2.27. The molecular weight excluding hydrogens is 534 g/mol. The molecule has 0 atom stereocenters. The van der Waals surface area contributed by atoms with Crippen molar-refractivity contribution in [3.8, 4) is 0 Å². The van der Waals surface area contributed by atoms with Crippen LogP contribution in [-0.2, 0) is 9.68 Å². The van der Waals surface area contributed by atoms with Crippen LogP contribution < -0.4 is 10.8 Å². The molecule has 4 N–H and O–H groups in total. The summed E-state index contributed by atoms with van der Waals surface area (Å²) in [5, 5.41) is 23.5. The zero-order chi connectivity index (χ0) is 23.0. The van der Waals surface area contributed by atoms with Crippen molar-refractivity contribution in [2.24, 2.45) is 5.16 Å². The molecule has 168 valence electrons. The summed E-state index contributed by atoms with van der Waals surface area (Å²) in [5.74, 6) is -4.53. The van der Waals surface area contributed by atoms with E-state index in [1.807, 2.05) is 28.1 Å². The topological polar surface area (TPSA) is 112 Å². The summed E-state index contributed by atoms with van der Waals surface area (Å²) in [4.78, 5) is 22.0. The van der Waals surface area contributed by atoms with Crippen molar-refractivity contribution >= 4 is 45.6 Å². The minimum absolute atomic E-state index is 0.109. The zero-order valence-corrected chi connectivity index (χ0v) is 18.4. The molecule has 0 spiro atoms. The first-order chi connectivity index (χ1) is 14.8. The molecule has 0 saturated carbocycles. The van der Waals surface area contributed by atoms with E-state index >= 15 is 0 Å². The summed E-state index contributed by atoms with van der Waals surface area (Å²) < 4.78 is 44.5. The molecule has 8 nitrogen and oxygen atoms in total. The highest BCUT2D eigenvalue weighted by atomic mass is 127. The van der Waals surface area contributed by atoms with Crippen molar-refractivity contribution < 1.29 is 37.9 Å². The van der Waals surface area contributed by atoms with Gasteiger partial charge in [-0.25, -0.2) is 18.7 Å². The van der Waals surface area contributed by atoms with Gasteiger partial charge in [0.2, 0.25) is 0 Å². The van der Waals surface area contributed by atoms with Crippen LogP contribution in [0.4, 0.5) is 24.5 Å². The first-order valence-electron chi connectivity index (χ1n) is 8.85. The average Bonchev–Trinajstić information content (AvgIpc) is 2.73. The molecule has 0 bridgehead atoms. The number of nitrogens with zero attached hydrogens (tertiary/aromatic N) is 1. The maximum absolute atomic E-state index is 15.0. The van der Waals surface area contributed by atoms with Crippen molar-refractivity contribution in [3.63, 3.8) is 0 Å². The highest BCUT2D eigenvalue weighted by Crippen LogP contribution is 2.31. The first-order valence-corrected chi connectivity index (χ1v) is 9.92. The van der Waals surface area contributed by atoms with Crippen LogP contribution in [0.5, 0.6) is 0 Å². The fourth-order valence-electron chi connectivity index (χ4n) is 2.37. The van der Waals surface area contributed by atoms with Crippen LogP contribution in [0, 0.1) is 21.0 Å². The van der Waals surface area contributed by atoms with Gasteiger partial charge in [0.15, 0.2) is 11.6 Å². The van der Waals surface area contributed by atoms with Gasteiger partial charge in [0.1, 0.15) is 12.4 Å². The van der Waals surface area contributed by atoms with Gasteiger partial charge < -0.3 is 20.4 Å². The maximum atomic E-state index is 15.0. The van der Waals surface area contributed by atoms with E-state index in [1.54, 1.807) is 0 Å². The fraction of sp³-hybridized carbons (Fsp3) is 0.263. The van der Waals surface area contributed by atoms with E-state index in [4.69, 9.17) is 19.9 Å². The number of halogens is 4. The van der Waals surface area contributed by atoms with Crippen LogP contribution in [0.1, 0.15) is 22.8 Å². The highest BCUT2D eigenvalue weighted by molar-refractivity contribution is 14.1. The van der Waals surface area contributed by atoms with Crippen LogP contribution in [0.2, 0.25) is 0 Å². The summed E-state index contributed by atoms with van der Waals surface area (Å²) in [7, 11) is 0. The van der Waals surface area contributed by atoms with Gasteiger partial charge in [-0.3, -0.25) is 9.63 Å². The van der Waals surface area contributed by atoms with Gasteiger partial charge in [-0.15, -0.1) is 0 Å². The molecule has 12 heteroatoms. The molecule has 0 aromatic heterocycles. The summed E-state index contributed by atoms with van der Waals surface area (Å²) in [6, 6.07) is 5.00. The Hall–Kier alpha value is -2.42. The van der Waals surface area contributed by atoms with Gasteiger partial charge in [0.25, 0.3) is 5.91 Å². The molecular formula is C19H19F3IN3O5. The van der Waals surface area contributed by atoms with Crippen LogP contribution in [0.25, 0.3) is 0 Å². The Morgan fingerprint density at radius 2 is 1.81 bits per heavy atom. The largest absolute Gasteiger partial charge is 0.394 e. The summed E-state index contributed by atoms with van der Waals surface area (Å²) in [5.41, 5.74) is 0.255. The predicted octanol–water partition coefficient (Wildman–Crippen LogP) is 2.84. The molecule has 2 rings (SSSR count). The normalized spacial score (nSPS) is 11.4. The van der Waals surface area contributed by atoms with Crippen molar-refractivity contribution in [1.82, 2.24) is 5.48 Å². The molecule has 0 heterocycles. The molecule has 0 aliphatic heterocycles. The molecule has 1 amide bonds. The number of carbonyl (C=O) groups is 1. The Labute approximate surface area is 189 Å². The van der Waals surface area contributed by atoms with Crippen LogP contribution in [0.3, 0.4) is 0 Å². The lowest BCUT2D eigenvalue weighted by atomic mass is 10.0. The highest BCUT2D eigenvalue weighted by Gasteiger charge is 2.25. The number of aliphatic hydroxyl groups is 2. The van der Waals surface area contributed by atoms with Crippen LogP contribution >= 0.6 is 22.6 Å². The van der Waals surface area contributed by atoms with Gasteiger partial charge in [-0.1, -0.05) is 5.16 Å². The number of benzene rings is 2. The predicted molar refractivity (Wildman–Crippen MR) is 115 cm³/mol. The number of carbonyl (C=O) groups excluding carboxylic acids is 1. The third-order valence-corrected chi connectivity index (χ3v) is 4.45. The third kappa shape index (κ3) is 6.53. The van der Waals surface area contributed by atoms with E-state index < -0.39 is 46.8 Å². The van der Waals surface area contributed by atoms with E-state index in [1.165, 1.54) is 25.1 Å². The Kier molecular flexibility index (Phi) is 9.48.